The van der Waals surface area contributed by atoms with Crippen molar-refractivity contribution in [3.63, 3.8) is 0 Å². The van der Waals surface area contributed by atoms with Gasteiger partial charge in [0.2, 0.25) is 0 Å². The summed E-state index contributed by atoms with van der Waals surface area (Å²) >= 11 is 1.74. The van der Waals surface area contributed by atoms with Crippen molar-refractivity contribution in [3.8, 4) is 17.0 Å². The zero-order valence-electron chi connectivity index (χ0n) is 11.7. The van der Waals surface area contributed by atoms with Crippen molar-refractivity contribution in [3.05, 3.63) is 28.6 Å². The second kappa shape index (κ2) is 5.81. The summed E-state index contributed by atoms with van der Waals surface area (Å²) in [5.41, 5.74) is 3.67. The average Bonchev–Trinajstić information content (AvgIpc) is 2.90. The van der Waals surface area contributed by atoms with E-state index >= 15 is 0 Å². The molecule has 1 N–H and O–H groups in total. The van der Waals surface area contributed by atoms with E-state index in [1.807, 2.05) is 6.07 Å². The van der Waals surface area contributed by atoms with Crippen molar-refractivity contribution in [1.29, 1.82) is 0 Å². The highest BCUT2D eigenvalue weighted by Crippen LogP contribution is 2.39. The number of methoxy groups -OCH3 is 2. The Balaban J connectivity index is 1.90. The van der Waals surface area contributed by atoms with E-state index in [2.05, 4.69) is 17.4 Å². The van der Waals surface area contributed by atoms with Crippen molar-refractivity contribution in [2.45, 2.75) is 12.8 Å². The van der Waals surface area contributed by atoms with E-state index in [1.54, 1.807) is 25.6 Å². The van der Waals surface area contributed by atoms with Crippen molar-refractivity contribution < 1.29 is 9.47 Å². The third-order valence-corrected chi connectivity index (χ3v) is 4.55. The molecule has 1 aliphatic rings. The highest BCUT2D eigenvalue weighted by atomic mass is 32.1. The third-order valence-electron chi connectivity index (χ3n) is 3.47. The smallest absolute Gasteiger partial charge is 0.183 e. The summed E-state index contributed by atoms with van der Waals surface area (Å²) in [6.45, 7) is 1.47. The molecule has 20 heavy (non-hydrogen) atoms. The van der Waals surface area contributed by atoms with Crippen LogP contribution in [0.2, 0.25) is 0 Å². The van der Waals surface area contributed by atoms with Gasteiger partial charge in [-0.25, -0.2) is 4.98 Å². The quantitative estimate of drug-likeness (QED) is 0.860. The van der Waals surface area contributed by atoms with Crippen molar-refractivity contribution >= 4 is 16.5 Å². The number of hydrogen-bond donors (Lipinski definition) is 1. The number of thiazole rings is 1. The van der Waals surface area contributed by atoms with Crippen LogP contribution >= 0.6 is 11.3 Å². The zero-order chi connectivity index (χ0) is 13.9. The Morgan fingerprint density at radius 2 is 2.20 bits per heavy atom. The minimum atomic E-state index is 0.689. The molecule has 0 spiro atoms. The largest absolute Gasteiger partial charge is 0.497 e. The van der Waals surface area contributed by atoms with Crippen LogP contribution in [0.15, 0.2) is 18.2 Å². The van der Waals surface area contributed by atoms with E-state index in [0.717, 1.165) is 36.0 Å². The van der Waals surface area contributed by atoms with Crippen LogP contribution in [0.4, 0.5) is 5.13 Å². The standard InChI is InChI=1S/C15H18N2O2S/c1-18-8-7-16-15-17-14-12-9-11(19-2)5-3-10(12)4-6-13(14)20-15/h3,5,9H,4,6-8H2,1-2H3,(H,16,17). The normalized spacial score (nSPS) is 12.7. The lowest BCUT2D eigenvalue weighted by Crippen LogP contribution is -2.07. The van der Waals surface area contributed by atoms with Gasteiger partial charge >= 0.3 is 0 Å². The van der Waals surface area contributed by atoms with Crippen LogP contribution in [0.25, 0.3) is 11.3 Å². The van der Waals surface area contributed by atoms with Crippen LogP contribution in [0.1, 0.15) is 10.4 Å². The fraction of sp³-hybridized carbons (Fsp3) is 0.400. The van der Waals surface area contributed by atoms with E-state index in [9.17, 15) is 0 Å². The summed E-state index contributed by atoms with van der Waals surface area (Å²) in [7, 11) is 3.40. The molecule has 1 aromatic heterocycles. The second-order valence-electron chi connectivity index (χ2n) is 4.73. The summed E-state index contributed by atoms with van der Waals surface area (Å²) in [6.07, 6.45) is 2.14. The lowest BCUT2D eigenvalue weighted by Gasteiger charge is -2.15. The minimum absolute atomic E-state index is 0.689. The molecule has 5 heteroatoms. The van der Waals surface area contributed by atoms with Crippen LogP contribution in [0, 0.1) is 0 Å². The van der Waals surface area contributed by atoms with Crippen molar-refractivity contribution in [1.82, 2.24) is 4.98 Å². The molecule has 2 aromatic rings. The molecule has 0 saturated heterocycles. The molecule has 0 saturated carbocycles. The molecule has 0 fully saturated rings. The van der Waals surface area contributed by atoms with Gasteiger partial charge < -0.3 is 14.8 Å². The molecule has 0 aliphatic heterocycles. The number of rotatable bonds is 5. The molecule has 3 rings (SSSR count). The van der Waals surface area contributed by atoms with Gasteiger partial charge in [0.1, 0.15) is 5.75 Å². The van der Waals surface area contributed by atoms with Gasteiger partial charge in [-0.15, -0.1) is 11.3 Å². The zero-order valence-corrected chi connectivity index (χ0v) is 12.5. The Morgan fingerprint density at radius 1 is 1.30 bits per heavy atom. The molecule has 1 aromatic carbocycles. The highest BCUT2D eigenvalue weighted by Gasteiger charge is 2.21. The third kappa shape index (κ3) is 2.51. The minimum Gasteiger partial charge on any atom is -0.497 e. The first-order valence-electron chi connectivity index (χ1n) is 6.71. The molecule has 4 nitrogen and oxygen atoms in total. The number of nitrogens with one attached hydrogen (secondary N) is 1. The Kier molecular flexibility index (Phi) is 3.89. The first kappa shape index (κ1) is 13.4. The van der Waals surface area contributed by atoms with Crippen molar-refractivity contribution in [2.24, 2.45) is 0 Å². The molecular formula is C15H18N2O2S. The van der Waals surface area contributed by atoms with E-state index < -0.39 is 0 Å². The van der Waals surface area contributed by atoms with Gasteiger partial charge in [0.05, 0.1) is 19.4 Å². The Labute approximate surface area is 122 Å². The molecule has 0 amide bonds. The van der Waals surface area contributed by atoms with Crippen LogP contribution in [0.5, 0.6) is 5.75 Å². The number of ether oxygens (including phenoxy) is 2. The van der Waals surface area contributed by atoms with E-state index in [1.165, 1.54) is 16.0 Å². The SMILES string of the molecule is COCCNc1nc2c(s1)CCc1ccc(OC)cc1-2. The Bertz CT molecular complexity index is 610. The van der Waals surface area contributed by atoms with Gasteiger partial charge in [0.15, 0.2) is 5.13 Å². The van der Waals surface area contributed by atoms with Gasteiger partial charge in [-0.1, -0.05) is 6.07 Å². The highest BCUT2D eigenvalue weighted by molar-refractivity contribution is 7.16. The summed E-state index contributed by atoms with van der Waals surface area (Å²) < 4.78 is 10.4. The first-order valence-corrected chi connectivity index (χ1v) is 7.53. The first-order chi connectivity index (χ1) is 9.81. The maximum absolute atomic E-state index is 5.33. The predicted molar refractivity (Wildman–Crippen MR) is 81.9 cm³/mol. The second-order valence-corrected chi connectivity index (χ2v) is 5.82. The molecular weight excluding hydrogens is 272 g/mol. The lowest BCUT2D eigenvalue weighted by molar-refractivity contribution is 0.211. The monoisotopic (exact) mass is 290 g/mol. The van der Waals surface area contributed by atoms with E-state index in [-0.39, 0.29) is 0 Å². The van der Waals surface area contributed by atoms with Crippen LogP contribution in [-0.2, 0) is 17.6 Å². The predicted octanol–water partition coefficient (Wildman–Crippen LogP) is 2.98. The molecule has 106 valence electrons. The van der Waals surface area contributed by atoms with Crippen LogP contribution in [-0.4, -0.2) is 32.4 Å². The van der Waals surface area contributed by atoms with Gasteiger partial charge in [-0.3, -0.25) is 0 Å². The van der Waals surface area contributed by atoms with Crippen LogP contribution in [0.3, 0.4) is 0 Å². The lowest BCUT2D eigenvalue weighted by atomic mass is 9.93. The molecule has 0 unspecified atom stereocenters. The topological polar surface area (TPSA) is 43.4 Å². The molecule has 1 aliphatic carbocycles. The maximum atomic E-state index is 5.33. The molecule has 0 radical (unpaired) electrons. The van der Waals surface area contributed by atoms with Crippen LogP contribution < -0.4 is 10.1 Å². The number of aryl methyl sites for hydroxylation is 2. The van der Waals surface area contributed by atoms with Gasteiger partial charge in [0, 0.05) is 24.1 Å². The molecule has 0 atom stereocenters. The number of nitrogens with zero attached hydrogens (tertiary/aromatic N) is 1. The Morgan fingerprint density at radius 3 is 3.00 bits per heavy atom. The summed E-state index contributed by atoms with van der Waals surface area (Å²) in [5, 5.41) is 4.29. The Hall–Kier alpha value is -1.59. The fourth-order valence-corrected chi connectivity index (χ4v) is 3.44. The fourth-order valence-electron chi connectivity index (χ4n) is 2.44. The maximum Gasteiger partial charge on any atom is 0.183 e. The molecule has 0 bridgehead atoms. The van der Waals surface area contributed by atoms with E-state index in [0.29, 0.717) is 6.61 Å². The summed E-state index contributed by atoms with van der Waals surface area (Å²) in [6, 6.07) is 6.26. The number of benzene rings is 1. The number of aromatic nitrogens is 1. The van der Waals surface area contributed by atoms with Gasteiger partial charge in [0.25, 0.3) is 0 Å². The average molecular weight is 290 g/mol. The van der Waals surface area contributed by atoms with Gasteiger partial charge in [-0.05, 0) is 30.5 Å². The number of anilines is 1. The summed E-state index contributed by atoms with van der Waals surface area (Å²) in [5.74, 6) is 0.887. The van der Waals surface area contributed by atoms with Crippen molar-refractivity contribution in [2.75, 3.05) is 32.7 Å². The summed E-state index contributed by atoms with van der Waals surface area (Å²) in [4.78, 5) is 6.09. The number of fused-ring (bicyclic) bond motifs is 3. The number of hydrogen-bond acceptors (Lipinski definition) is 5. The molecule has 1 heterocycles. The van der Waals surface area contributed by atoms with E-state index in [4.69, 9.17) is 14.5 Å². The van der Waals surface area contributed by atoms with Gasteiger partial charge in [-0.2, -0.15) is 0 Å².